The van der Waals surface area contributed by atoms with Crippen molar-refractivity contribution in [3.63, 3.8) is 0 Å². The van der Waals surface area contributed by atoms with Gasteiger partial charge < -0.3 is 0 Å². The van der Waals surface area contributed by atoms with E-state index in [9.17, 15) is 4.79 Å². The Hall–Kier alpha value is -3.10. The number of rotatable bonds is 2. The van der Waals surface area contributed by atoms with Crippen molar-refractivity contribution in [1.82, 2.24) is 9.55 Å². The lowest BCUT2D eigenvalue weighted by Gasteiger charge is -2.12. The Bertz CT molecular complexity index is 1070. The average molecular weight is 357 g/mol. The van der Waals surface area contributed by atoms with Crippen LogP contribution in [0.4, 0.5) is 0 Å². The van der Waals surface area contributed by atoms with Gasteiger partial charge in [-0.2, -0.15) is 0 Å². The first-order chi connectivity index (χ1) is 12.7. The lowest BCUT2D eigenvalue weighted by Crippen LogP contribution is -2.07. The number of aromatic nitrogens is 2. The minimum Gasteiger partial charge on any atom is -0.300 e. The smallest absolute Gasteiger partial charge is 0.239 e. The van der Waals surface area contributed by atoms with Crippen molar-refractivity contribution in [1.29, 1.82) is 0 Å². The van der Waals surface area contributed by atoms with Gasteiger partial charge >= 0.3 is 0 Å². The summed E-state index contributed by atoms with van der Waals surface area (Å²) >= 11 is 1.16. The van der Waals surface area contributed by atoms with Gasteiger partial charge in [-0.25, -0.2) is 4.98 Å². The number of aliphatic imine (C=N–C) groups is 1. The van der Waals surface area contributed by atoms with E-state index in [1.54, 1.807) is 12.6 Å². The zero-order valence-electron chi connectivity index (χ0n) is 14.1. The molecule has 0 saturated carbocycles. The van der Waals surface area contributed by atoms with Crippen molar-refractivity contribution in [2.75, 3.05) is 6.26 Å². The third-order valence-corrected chi connectivity index (χ3v) is 4.92. The minimum atomic E-state index is -0.0566. The molecule has 0 unspecified atom stereocenters. The molecule has 3 aromatic rings. The predicted molar refractivity (Wildman–Crippen MR) is 105 cm³/mol. The monoisotopic (exact) mass is 357 g/mol. The van der Waals surface area contributed by atoms with Gasteiger partial charge in [0.2, 0.25) is 5.12 Å². The number of carbonyl (C=O) groups is 1. The highest BCUT2D eigenvalue weighted by atomic mass is 32.2. The number of imidazole rings is 1. The summed E-state index contributed by atoms with van der Waals surface area (Å²) in [5.41, 5.74) is 5.78. The van der Waals surface area contributed by atoms with Crippen LogP contribution in [-0.4, -0.2) is 26.6 Å². The molecule has 2 heterocycles. The number of hydrogen-bond acceptors (Lipinski definition) is 4. The third kappa shape index (κ3) is 2.65. The molecule has 0 spiro atoms. The average Bonchev–Trinajstić information content (AvgIpc) is 3.05. The van der Waals surface area contributed by atoms with Crippen LogP contribution in [0.3, 0.4) is 0 Å². The van der Waals surface area contributed by atoms with Crippen molar-refractivity contribution in [2.24, 2.45) is 4.99 Å². The van der Waals surface area contributed by atoms with Gasteiger partial charge in [0, 0.05) is 16.7 Å². The molecule has 0 fully saturated rings. The van der Waals surface area contributed by atoms with Gasteiger partial charge in [-0.3, -0.25) is 14.4 Å². The Morgan fingerprint density at radius 2 is 2.04 bits per heavy atom. The highest BCUT2D eigenvalue weighted by Crippen LogP contribution is 2.28. The van der Waals surface area contributed by atoms with Gasteiger partial charge in [-0.05, 0) is 24.5 Å². The molecule has 1 aromatic heterocycles. The van der Waals surface area contributed by atoms with Crippen LogP contribution in [0.25, 0.3) is 5.69 Å². The highest BCUT2D eigenvalue weighted by molar-refractivity contribution is 8.13. The topological polar surface area (TPSA) is 47.2 Å². The molecular formula is C21H15N3OS. The first kappa shape index (κ1) is 16.4. The summed E-state index contributed by atoms with van der Waals surface area (Å²) in [6.45, 7) is 0.381. The maximum absolute atomic E-state index is 12.2. The molecule has 0 radical (unpaired) electrons. The molecule has 0 N–H and O–H groups in total. The Morgan fingerprint density at radius 3 is 2.77 bits per heavy atom. The number of carbonyl (C=O) groups excluding carboxylic acids is 1. The van der Waals surface area contributed by atoms with E-state index in [1.165, 1.54) is 0 Å². The van der Waals surface area contributed by atoms with Gasteiger partial charge in [-0.1, -0.05) is 48.0 Å². The Labute approximate surface area is 156 Å². The van der Waals surface area contributed by atoms with Crippen molar-refractivity contribution in [2.45, 2.75) is 6.54 Å². The number of thioether (sulfide) groups is 1. The first-order valence-corrected chi connectivity index (χ1v) is 9.31. The van der Waals surface area contributed by atoms with E-state index in [-0.39, 0.29) is 5.12 Å². The molecular weight excluding hydrogens is 342 g/mol. The Morgan fingerprint density at radius 1 is 1.23 bits per heavy atom. The molecule has 126 valence electrons. The van der Waals surface area contributed by atoms with Crippen LogP contribution in [0.5, 0.6) is 0 Å². The summed E-state index contributed by atoms with van der Waals surface area (Å²) in [5.74, 6) is 2.69. The molecule has 0 aliphatic carbocycles. The maximum Gasteiger partial charge on any atom is 0.239 e. The summed E-state index contributed by atoms with van der Waals surface area (Å²) in [6, 6.07) is 15.8. The van der Waals surface area contributed by atoms with Crippen molar-refractivity contribution >= 4 is 22.6 Å². The zero-order chi connectivity index (χ0) is 18.1. The van der Waals surface area contributed by atoms with Gasteiger partial charge in [0.05, 0.1) is 23.6 Å². The second kappa shape index (κ2) is 6.66. The van der Waals surface area contributed by atoms with E-state index in [2.05, 4.69) is 10.9 Å². The zero-order valence-corrected chi connectivity index (χ0v) is 15.0. The van der Waals surface area contributed by atoms with Crippen LogP contribution >= 0.6 is 11.8 Å². The van der Waals surface area contributed by atoms with E-state index >= 15 is 0 Å². The maximum atomic E-state index is 12.2. The second-order valence-corrected chi connectivity index (χ2v) is 6.59. The van der Waals surface area contributed by atoms with Crippen molar-refractivity contribution < 1.29 is 4.79 Å². The highest BCUT2D eigenvalue weighted by Gasteiger charge is 2.24. The fraction of sp³-hybridized carbons (Fsp3) is 0.0952. The Balaban J connectivity index is 1.98. The van der Waals surface area contributed by atoms with Crippen LogP contribution in [0.15, 0.2) is 59.9 Å². The van der Waals surface area contributed by atoms with Crippen LogP contribution < -0.4 is 0 Å². The van der Waals surface area contributed by atoms with Crippen LogP contribution in [-0.2, 0) is 6.54 Å². The summed E-state index contributed by atoms with van der Waals surface area (Å²) in [5, 5.41) is -0.0566. The molecule has 5 heteroatoms. The van der Waals surface area contributed by atoms with Crippen molar-refractivity contribution in [3.05, 3.63) is 82.9 Å². The summed E-state index contributed by atoms with van der Waals surface area (Å²) in [4.78, 5) is 21.4. The summed E-state index contributed by atoms with van der Waals surface area (Å²) in [6.07, 6.45) is 9.06. The molecule has 1 aliphatic rings. The number of benzene rings is 2. The largest absolute Gasteiger partial charge is 0.300 e. The standard InChI is InChI=1S/C21H15N3OS/c1-3-14-9-10-17-16(11-14)19(15-7-5-4-6-8-15)22-12-18-20(21(25)26-2)23-13-24(17)18/h1,4-11,13H,12H2,2H3. The SMILES string of the molecule is C#Cc1ccc2c(c1)C(c1ccccc1)=NCc1c(C(=O)SC)ncn1-2. The van der Waals surface area contributed by atoms with E-state index in [1.807, 2.05) is 53.1 Å². The quantitative estimate of drug-likeness (QED) is 0.657. The fourth-order valence-electron chi connectivity index (χ4n) is 3.11. The molecule has 1 aliphatic heterocycles. The summed E-state index contributed by atoms with van der Waals surface area (Å²) < 4.78 is 1.94. The molecule has 0 bridgehead atoms. The number of terminal acetylenes is 1. The van der Waals surface area contributed by atoms with E-state index in [0.717, 1.165) is 45.5 Å². The lowest BCUT2D eigenvalue weighted by molar-refractivity contribution is 0.108. The molecule has 2 aromatic carbocycles. The molecule has 4 nitrogen and oxygen atoms in total. The molecule has 4 rings (SSSR count). The molecule has 0 amide bonds. The van der Waals surface area contributed by atoms with Crippen LogP contribution in [0.2, 0.25) is 0 Å². The van der Waals surface area contributed by atoms with Crippen LogP contribution in [0.1, 0.15) is 32.9 Å². The van der Waals surface area contributed by atoms with Gasteiger partial charge in [0.1, 0.15) is 12.0 Å². The lowest BCUT2D eigenvalue weighted by atomic mass is 9.98. The summed E-state index contributed by atoms with van der Waals surface area (Å²) in [7, 11) is 0. The van der Waals surface area contributed by atoms with Gasteiger partial charge in [0.25, 0.3) is 0 Å². The second-order valence-electron chi connectivity index (χ2n) is 5.81. The van der Waals surface area contributed by atoms with Gasteiger partial charge in [0.15, 0.2) is 0 Å². The molecule has 0 atom stereocenters. The van der Waals surface area contributed by atoms with E-state index in [0.29, 0.717) is 12.2 Å². The number of fused-ring (bicyclic) bond motifs is 3. The Kier molecular flexibility index (Phi) is 4.19. The van der Waals surface area contributed by atoms with Crippen molar-refractivity contribution in [3.8, 4) is 18.0 Å². The van der Waals surface area contributed by atoms with E-state index < -0.39 is 0 Å². The number of hydrogen-bond donors (Lipinski definition) is 0. The number of nitrogens with zero attached hydrogens (tertiary/aromatic N) is 3. The fourth-order valence-corrected chi connectivity index (χ4v) is 3.47. The first-order valence-electron chi connectivity index (χ1n) is 8.08. The normalized spacial score (nSPS) is 12.4. The third-order valence-electron chi connectivity index (χ3n) is 4.36. The van der Waals surface area contributed by atoms with E-state index in [4.69, 9.17) is 11.4 Å². The molecule has 26 heavy (non-hydrogen) atoms. The predicted octanol–water partition coefficient (Wildman–Crippen LogP) is 3.71. The minimum absolute atomic E-state index is 0.0566. The van der Waals surface area contributed by atoms with Crippen LogP contribution in [0, 0.1) is 12.3 Å². The molecule has 0 saturated heterocycles. The van der Waals surface area contributed by atoms with Gasteiger partial charge in [-0.15, -0.1) is 6.42 Å².